The fourth-order valence-electron chi connectivity index (χ4n) is 3.32. The van der Waals surface area contributed by atoms with Gasteiger partial charge in [0, 0.05) is 53.7 Å². The molecule has 1 aliphatic carbocycles. The van der Waals surface area contributed by atoms with E-state index in [0.29, 0.717) is 12.2 Å². The number of hydrogen-bond acceptors (Lipinski definition) is 5. The minimum absolute atomic E-state index is 0.00120. The highest BCUT2D eigenvalue weighted by Crippen LogP contribution is 2.44. The SMILES string of the molecule is CN=Cc1cc(-c2ccc3cc(CC4CC(F)(F)C4)sc3n2)cnc1N. The summed E-state index contributed by atoms with van der Waals surface area (Å²) in [4.78, 5) is 14.9. The maximum Gasteiger partial charge on any atom is 0.248 e. The molecule has 4 nitrogen and oxygen atoms in total. The number of rotatable bonds is 4. The molecule has 3 aromatic rings. The van der Waals surface area contributed by atoms with Crippen molar-refractivity contribution in [2.75, 3.05) is 12.8 Å². The molecule has 1 aliphatic rings. The van der Waals surface area contributed by atoms with Crippen LogP contribution in [-0.2, 0) is 6.42 Å². The Labute approximate surface area is 153 Å². The summed E-state index contributed by atoms with van der Waals surface area (Å²) in [5, 5.41) is 1.04. The van der Waals surface area contributed by atoms with Gasteiger partial charge in [-0.3, -0.25) is 4.99 Å². The van der Waals surface area contributed by atoms with Crippen LogP contribution in [0.25, 0.3) is 21.5 Å². The number of nitrogens with two attached hydrogens (primary N) is 1. The van der Waals surface area contributed by atoms with Crippen molar-refractivity contribution in [2.45, 2.75) is 25.2 Å². The summed E-state index contributed by atoms with van der Waals surface area (Å²) in [6.07, 6.45) is 4.06. The lowest BCUT2D eigenvalue weighted by atomic mass is 9.79. The first-order valence-corrected chi connectivity index (χ1v) is 9.20. The van der Waals surface area contributed by atoms with E-state index < -0.39 is 5.92 Å². The average Bonchev–Trinajstić information content (AvgIpc) is 2.97. The van der Waals surface area contributed by atoms with Gasteiger partial charge in [-0.15, -0.1) is 11.3 Å². The number of hydrogen-bond donors (Lipinski definition) is 1. The second-order valence-electron chi connectivity index (χ2n) is 6.72. The molecule has 3 aromatic heterocycles. The number of fused-ring (bicyclic) bond motifs is 1. The van der Waals surface area contributed by atoms with Gasteiger partial charge in [-0.25, -0.2) is 18.7 Å². The smallest absolute Gasteiger partial charge is 0.248 e. The maximum absolute atomic E-state index is 13.0. The van der Waals surface area contributed by atoms with Gasteiger partial charge in [-0.05, 0) is 36.6 Å². The highest BCUT2D eigenvalue weighted by Gasteiger charge is 2.45. The van der Waals surface area contributed by atoms with Crippen LogP contribution in [0.15, 0.2) is 35.5 Å². The Morgan fingerprint density at radius 1 is 1.35 bits per heavy atom. The number of anilines is 1. The van der Waals surface area contributed by atoms with Gasteiger partial charge in [-0.1, -0.05) is 0 Å². The first-order valence-electron chi connectivity index (χ1n) is 8.39. The number of aromatic nitrogens is 2. The Bertz CT molecular complexity index is 988. The van der Waals surface area contributed by atoms with E-state index in [4.69, 9.17) is 10.7 Å². The number of pyridine rings is 2. The highest BCUT2D eigenvalue weighted by molar-refractivity contribution is 7.18. The first-order chi connectivity index (χ1) is 12.4. The van der Waals surface area contributed by atoms with Crippen molar-refractivity contribution < 1.29 is 8.78 Å². The molecule has 0 spiro atoms. The van der Waals surface area contributed by atoms with Gasteiger partial charge in [0.05, 0.1) is 5.69 Å². The van der Waals surface area contributed by atoms with Gasteiger partial charge in [0.25, 0.3) is 0 Å². The number of thiophene rings is 1. The quantitative estimate of drug-likeness (QED) is 0.682. The molecule has 26 heavy (non-hydrogen) atoms. The van der Waals surface area contributed by atoms with Crippen molar-refractivity contribution in [1.29, 1.82) is 0 Å². The number of aliphatic imine (C=N–C) groups is 1. The van der Waals surface area contributed by atoms with E-state index in [1.54, 1.807) is 30.8 Å². The van der Waals surface area contributed by atoms with Crippen LogP contribution in [0.5, 0.6) is 0 Å². The summed E-state index contributed by atoms with van der Waals surface area (Å²) < 4.78 is 26.0. The van der Waals surface area contributed by atoms with Crippen LogP contribution in [0.3, 0.4) is 0 Å². The molecule has 0 aliphatic heterocycles. The predicted octanol–water partition coefficient (Wildman–Crippen LogP) is 4.58. The highest BCUT2D eigenvalue weighted by atomic mass is 32.1. The largest absolute Gasteiger partial charge is 0.383 e. The van der Waals surface area contributed by atoms with Crippen LogP contribution in [0.4, 0.5) is 14.6 Å². The topological polar surface area (TPSA) is 64.2 Å². The molecule has 7 heteroatoms. The van der Waals surface area contributed by atoms with E-state index in [2.05, 4.69) is 16.0 Å². The van der Waals surface area contributed by atoms with E-state index in [1.165, 1.54) is 0 Å². The van der Waals surface area contributed by atoms with E-state index in [1.807, 2.05) is 18.2 Å². The van der Waals surface area contributed by atoms with Crippen molar-refractivity contribution in [3.63, 3.8) is 0 Å². The molecule has 134 valence electrons. The van der Waals surface area contributed by atoms with Crippen LogP contribution < -0.4 is 5.73 Å². The third kappa shape index (κ3) is 3.31. The second-order valence-corrected chi connectivity index (χ2v) is 7.84. The number of nitrogens with zero attached hydrogens (tertiary/aromatic N) is 3. The van der Waals surface area contributed by atoms with Crippen LogP contribution in [0.1, 0.15) is 23.3 Å². The Balaban J connectivity index is 1.61. The molecule has 4 rings (SSSR count). The molecule has 0 bridgehead atoms. The summed E-state index contributed by atoms with van der Waals surface area (Å²) in [5.74, 6) is -1.96. The Kier molecular flexibility index (Phi) is 4.19. The van der Waals surface area contributed by atoms with Gasteiger partial charge in [0.1, 0.15) is 10.6 Å². The molecule has 1 fully saturated rings. The van der Waals surface area contributed by atoms with Gasteiger partial charge < -0.3 is 5.73 Å². The molecule has 0 unspecified atom stereocenters. The Morgan fingerprint density at radius 2 is 2.15 bits per heavy atom. The van der Waals surface area contributed by atoms with Crippen molar-refractivity contribution in [3.8, 4) is 11.3 Å². The van der Waals surface area contributed by atoms with Crippen molar-refractivity contribution in [1.82, 2.24) is 9.97 Å². The molecular formula is C19H18F2N4S. The molecular weight excluding hydrogens is 354 g/mol. The lowest BCUT2D eigenvalue weighted by Crippen LogP contribution is -2.36. The standard InChI is InChI=1S/C19H18F2N4S/c1-23-9-14-5-13(10-24-17(14)22)16-3-2-12-6-15(26-18(12)25-16)4-11-7-19(20,21)8-11/h2-3,5-6,9-11H,4,7-8H2,1H3,(H2,22,24). The fourth-order valence-corrected chi connectivity index (χ4v) is 4.46. The Hall–Kier alpha value is -2.41. The molecule has 0 amide bonds. The minimum atomic E-state index is -2.46. The molecule has 2 N–H and O–H groups in total. The van der Waals surface area contributed by atoms with Crippen LogP contribution in [0.2, 0.25) is 0 Å². The lowest BCUT2D eigenvalue weighted by Gasteiger charge is -2.34. The van der Waals surface area contributed by atoms with Crippen LogP contribution >= 0.6 is 11.3 Å². The molecule has 0 atom stereocenters. The average molecular weight is 372 g/mol. The lowest BCUT2D eigenvalue weighted by molar-refractivity contribution is -0.109. The van der Waals surface area contributed by atoms with Gasteiger partial charge in [-0.2, -0.15) is 0 Å². The summed E-state index contributed by atoms with van der Waals surface area (Å²) in [5.41, 5.74) is 8.28. The third-order valence-electron chi connectivity index (χ3n) is 4.61. The zero-order chi connectivity index (χ0) is 18.3. The molecule has 0 saturated heterocycles. The first kappa shape index (κ1) is 17.0. The van der Waals surface area contributed by atoms with Crippen molar-refractivity contribution in [3.05, 3.63) is 40.9 Å². The van der Waals surface area contributed by atoms with Crippen molar-refractivity contribution in [2.24, 2.45) is 10.9 Å². The number of nitrogen functional groups attached to an aromatic ring is 1. The number of halogens is 2. The molecule has 1 saturated carbocycles. The van der Waals surface area contributed by atoms with Gasteiger partial charge in [0.15, 0.2) is 0 Å². The monoisotopic (exact) mass is 372 g/mol. The molecule has 3 heterocycles. The molecule has 0 aromatic carbocycles. The van der Waals surface area contributed by atoms with Crippen molar-refractivity contribution >= 4 is 33.6 Å². The summed E-state index contributed by atoms with van der Waals surface area (Å²) in [6.45, 7) is 0. The minimum Gasteiger partial charge on any atom is -0.383 e. The van der Waals surface area contributed by atoms with E-state index in [9.17, 15) is 8.78 Å². The fraction of sp³-hybridized carbons (Fsp3) is 0.316. The van der Waals surface area contributed by atoms with E-state index in [0.717, 1.165) is 31.9 Å². The van der Waals surface area contributed by atoms with Gasteiger partial charge in [0.2, 0.25) is 5.92 Å². The third-order valence-corrected chi connectivity index (χ3v) is 5.68. The summed E-state index contributed by atoms with van der Waals surface area (Å²) in [6, 6.07) is 7.92. The maximum atomic E-state index is 13.0. The second kappa shape index (κ2) is 6.39. The molecule has 0 radical (unpaired) electrons. The zero-order valence-corrected chi connectivity index (χ0v) is 15.1. The zero-order valence-electron chi connectivity index (χ0n) is 14.2. The number of alkyl halides is 2. The van der Waals surface area contributed by atoms with Crippen LogP contribution in [0, 0.1) is 5.92 Å². The van der Waals surface area contributed by atoms with Gasteiger partial charge >= 0.3 is 0 Å². The van der Waals surface area contributed by atoms with Crippen LogP contribution in [-0.4, -0.2) is 29.2 Å². The van der Waals surface area contributed by atoms with E-state index >= 15 is 0 Å². The normalized spacial score (nSPS) is 17.0. The Morgan fingerprint density at radius 3 is 2.88 bits per heavy atom. The van der Waals surface area contributed by atoms with E-state index in [-0.39, 0.29) is 18.8 Å². The predicted molar refractivity (Wildman–Crippen MR) is 102 cm³/mol. The summed E-state index contributed by atoms with van der Waals surface area (Å²) >= 11 is 1.57. The summed E-state index contributed by atoms with van der Waals surface area (Å²) in [7, 11) is 1.68.